The molecule has 4 aromatic rings. The quantitative estimate of drug-likeness (QED) is 0.229. The van der Waals surface area contributed by atoms with Gasteiger partial charge >= 0.3 is 0 Å². The largest absolute Gasteiger partial charge is 0.399 e. The summed E-state index contributed by atoms with van der Waals surface area (Å²) in [5.74, 6) is 1.57. The first-order chi connectivity index (χ1) is 18.9. The molecule has 0 heterocycles. The molecule has 0 aliphatic heterocycles. The van der Waals surface area contributed by atoms with E-state index in [9.17, 15) is 0 Å². The SMILES string of the molecule is CCC(c1ccc(N)cc1)c1ccc(C2(c3ccc(C(CC)c4ccc(N)cc4)cc3)CCC(C)CC2)cc1. The van der Waals surface area contributed by atoms with Gasteiger partial charge in [0.25, 0.3) is 0 Å². The number of benzene rings is 4. The molecule has 4 aromatic carbocycles. The van der Waals surface area contributed by atoms with Crippen LogP contribution in [-0.4, -0.2) is 0 Å². The summed E-state index contributed by atoms with van der Waals surface area (Å²) in [6.45, 7) is 6.95. The number of nitrogens with two attached hydrogens (primary N) is 2. The first-order valence-corrected chi connectivity index (χ1v) is 14.8. The van der Waals surface area contributed by atoms with Crippen molar-refractivity contribution in [1.82, 2.24) is 0 Å². The highest BCUT2D eigenvalue weighted by Gasteiger charge is 2.37. The van der Waals surface area contributed by atoms with Crippen molar-refractivity contribution >= 4 is 11.4 Å². The first-order valence-electron chi connectivity index (χ1n) is 14.8. The third-order valence-electron chi connectivity index (χ3n) is 9.35. The normalized spacial score (nSPS) is 20.8. The fourth-order valence-electron chi connectivity index (χ4n) is 6.85. The van der Waals surface area contributed by atoms with Crippen LogP contribution in [0, 0.1) is 5.92 Å². The molecule has 0 aromatic heterocycles. The molecule has 2 nitrogen and oxygen atoms in total. The zero-order valence-corrected chi connectivity index (χ0v) is 23.9. The highest BCUT2D eigenvalue weighted by Crippen LogP contribution is 2.47. The zero-order valence-electron chi connectivity index (χ0n) is 23.9. The Morgan fingerprint density at radius 2 is 0.872 bits per heavy atom. The molecule has 0 bridgehead atoms. The molecule has 202 valence electrons. The lowest BCUT2D eigenvalue weighted by Gasteiger charge is -2.41. The van der Waals surface area contributed by atoms with Crippen molar-refractivity contribution in [2.45, 2.75) is 76.5 Å². The highest BCUT2D eigenvalue weighted by molar-refractivity contribution is 5.47. The number of hydrogen-bond acceptors (Lipinski definition) is 2. The Balaban J connectivity index is 1.46. The molecule has 0 saturated heterocycles. The van der Waals surface area contributed by atoms with E-state index in [1.165, 1.54) is 59.1 Å². The molecule has 4 N–H and O–H groups in total. The summed E-state index contributed by atoms with van der Waals surface area (Å²) in [7, 11) is 0. The molecule has 1 fully saturated rings. The molecule has 0 amide bonds. The van der Waals surface area contributed by atoms with E-state index < -0.39 is 0 Å². The van der Waals surface area contributed by atoms with Gasteiger partial charge in [0, 0.05) is 28.6 Å². The van der Waals surface area contributed by atoms with Crippen LogP contribution < -0.4 is 11.5 Å². The fraction of sp³-hybridized carbons (Fsp3) is 0.351. The van der Waals surface area contributed by atoms with Gasteiger partial charge in [-0.1, -0.05) is 93.6 Å². The first kappa shape index (κ1) is 27.1. The molecular weight excluding hydrogens is 472 g/mol. The van der Waals surface area contributed by atoms with Crippen molar-refractivity contribution in [1.29, 1.82) is 0 Å². The summed E-state index contributed by atoms with van der Waals surface area (Å²) in [6, 6.07) is 36.0. The van der Waals surface area contributed by atoms with Crippen molar-refractivity contribution in [3.8, 4) is 0 Å². The van der Waals surface area contributed by atoms with Crippen LogP contribution >= 0.6 is 0 Å². The Hall–Kier alpha value is -3.52. The average Bonchev–Trinajstić information content (AvgIpc) is 2.97. The number of rotatable bonds is 8. The minimum absolute atomic E-state index is 0.0788. The summed E-state index contributed by atoms with van der Waals surface area (Å²) in [5.41, 5.74) is 22.0. The number of nitrogen functional groups attached to an aromatic ring is 2. The second-order valence-corrected chi connectivity index (χ2v) is 11.8. The number of hydrogen-bond donors (Lipinski definition) is 2. The van der Waals surface area contributed by atoms with Crippen molar-refractivity contribution in [3.63, 3.8) is 0 Å². The summed E-state index contributed by atoms with van der Waals surface area (Å²) in [4.78, 5) is 0. The monoisotopic (exact) mass is 516 g/mol. The van der Waals surface area contributed by atoms with Crippen LogP contribution in [0.15, 0.2) is 97.1 Å². The van der Waals surface area contributed by atoms with Gasteiger partial charge in [-0.2, -0.15) is 0 Å². The van der Waals surface area contributed by atoms with Gasteiger partial charge in [0.1, 0.15) is 0 Å². The second-order valence-electron chi connectivity index (χ2n) is 11.8. The molecule has 2 heteroatoms. The maximum Gasteiger partial charge on any atom is 0.0314 e. The molecule has 1 saturated carbocycles. The lowest BCUT2D eigenvalue weighted by atomic mass is 9.63. The van der Waals surface area contributed by atoms with Gasteiger partial charge in [0.15, 0.2) is 0 Å². The van der Waals surface area contributed by atoms with E-state index >= 15 is 0 Å². The summed E-state index contributed by atoms with van der Waals surface area (Å²) < 4.78 is 0. The molecule has 1 aliphatic carbocycles. The van der Waals surface area contributed by atoms with Gasteiger partial charge < -0.3 is 11.5 Å². The predicted octanol–water partition coefficient (Wildman–Crippen LogP) is 9.43. The molecule has 0 radical (unpaired) electrons. The van der Waals surface area contributed by atoms with E-state index in [2.05, 4.69) is 93.6 Å². The van der Waals surface area contributed by atoms with Gasteiger partial charge in [-0.25, -0.2) is 0 Å². The maximum atomic E-state index is 5.95. The summed E-state index contributed by atoms with van der Waals surface area (Å²) >= 11 is 0. The van der Waals surface area contributed by atoms with Crippen LogP contribution in [0.4, 0.5) is 11.4 Å². The summed E-state index contributed by atoms with van der Waals surface area (Å²) in [5, 5.41) is 0. The molecule has 39 heavy (non-hydrogen) atoms. The predicted molar refractivity (Wildman–Crippen MR) is 167 cm³/mol. The van der Waals surface area contributed by atoms with Gasteiger partial charge in [0.05, 0.1) is 0 Å². The van der Waals surface area contributed by atoms with Crippen LogP contribution in [0.25, 0.3) is 0 Å². The molecule has 2 atom stereocenters. The van der Waals surface area contributed by atoms with Gasteiger partial charge in [-0.3, -0.25) is 0 Å². The van der Waals surface area contributed by atoms with Gasteiger partial charge in [-0.15, -0.1) is 0 Å². The van der Waals surface area contributed by atoms with Crippen molar-refractivity contribution < 1.29 is 0 Å². The smallest absolute Gasteiger partial charge is 0.0314 e. The van der Waals surface area contributed by atoms with E-state index in [0.29, 0.717) is 11.8 Å². The third kappa shape index (κ3) is 5.62. The van der Waals surface area contributed by atoms with E-state index in [4.69, 9.17) is 11.5 Å². The second kappa shape index (κ2) is 11.7. The average molecular weight is 517 g/mol. The Morgan fingerprint density at radius 3 is 1.18 bits per heavy atom. The third-order valence-corrected chi connectivity index (χ3v) is 9.35. The minimum Gasteiger partial charge on any atom is -0.399 e. The van der Waals surface area contributed by atoms with E-state index in [1.54, 1.807) is 0 Å². The van der Waals surface area contributed by atoms with Crippen molar-refractivity contribution in [3.05, 3.63) is 130 Å². The number of anilines is 2. The van der Waals surface area contributed by atoms with E-state index in [1.807, 2.05) is 24.3 Å². The Kier molecular flexibility index (Phi) is 8.12. The summed E-state index contributed by atoms with van der Waals surface area (Å²) in [6.07, 6.45) is 7.10. The molecule has 2 unspecified atom stereocenters. The molecule has 1 aliphatic rings. The van der Waals surface area contributed by atoms with E-state index in [-0.39, 0.29) is 5.41 Å². The van der Waals surface area contributed by atoms with Crippen LogP contribution in [0.2, 0.25) is 0 Å². The molecule has 0 spiro atoms. The van der Waals surface area contributed by atoms with Crippen molar-refractivity contribution in [2.24, 2.45) is 5.92 Å². The maximum absolute atomic E-state index is 5.95. The standard InChI is InChI=1S/C37H44N2/c1-4-35(29-10-18-33(38)19-11-29)27-6-14-31(15-7-27)37(24-22-26(3)23-25-37)32-16-8-28(9-17-32)36(5-2)30-12-20-34(39)21-13-30/h6-21,26,35-36H,4-5,22-25,38-39H2,1-3H3. The Bertz CT molecular complexity index is 1230. The van der Waals surface area contributed by atoms with Crippen LogP contribution in [0.5, 0.6) is 0 Å². The Labute approximate surface area is 235 Å². The molecular formula is C37H44N2. The van der Waals surface area contributed by atoms with Gasteiger partial charge in [-0.05, 0) is 102 Å². The lowest BCUT2D eigenvalue weighted by molar-refractivity contribution is 0.280. The lowest BCUT2D eigenvalue weighted by Crippen LogP contribution is -2.32. The van der Waals surface area contributed by atoms with Crippen LogP contribution in [0.1, 0.15) is 105 Å². The van der Waals surface area contributed by atoms with Crippen molar-refractivity contribution in [2.75, 3.05) is 11.5 Å². The molecule has 5 rings (SSSR count). The van der Waals surface area contributed by atoms with E-state index in [0.717, 1.165) is 30.1 Å². The van der Waals surface area contributed by atoms with Crippen LogP contribution in [0.3, 0.4) is 0 Å². The van der Waals surface area contributed by atoms with Crippen LogP contribution in [-0.2, 0) is 5.41 Å². The fourth-order valence-corrected chi connectivity index (χ4v) is 6.85. The zero-order chi connectivity index (χ0) is 27.4. The topological polar surface area (TPSA) is 52.0 Å². The highest BCUT2D eigenvalue weighted by atomic mass is 14.5. The minimum atomic E-state index is 0.0788. The van der Waals surface area contributed by atoms with Gasteiger partial charge in [0.2, 0.25) is 0 Å². The Morgan fingerprint density at radius 1 is 0.564 bits per heavy atom.